The average Bonchev–Trinajstić information content (AvgIpc) is 2.81. The fraction of sp³-hybridized carbons (Fsp3) is 0.462. The van der Waals surface area contributed by atoms with Crippen LogP contribution in [0.5, 0.6) is 0 Å². The van der Waals surface area contributed by atoms with Gasteiger partial charge in [-0.25, -0.2) is 0 Å². The summed E-state index contributed by atoms with van der Waals surface area (Å²) in [7, 11) is 0. The van der Waals surface area contributed by atoms with E-state index in [1.54, 1.807) is 11.8 Å². The molecule has 2 N–H and O–H groups in total. The molecule has 0 bridgehead atoms. The molecule has 1 saturated heterocycles. The number of rotatable bonds is 2. The zero-order valence-electron chi connectivity index (χ0n) is 9.66. The lowest BCUT2D eigenvalue weighted by Gasteiger charge is -2.18. The van der Waals surface area contributed by atoms with Crippen LogP contribution in [-0.2, 0) is 11.2 Å². The summed E-state index contributed by atoms with van der Waals surface area (Å²) in [5.74, 6) is 0.648. The highest BCUT2D eigenvalue weighted by Gasteiger charge is 2.18. The highest BCUT2D eigenvalue weighted by Crippen LogP contribution is 2.32. The van der Waals surface area contributed by atoms with E-state index < -0.39 is 0 Å². The molecule has 1 fully saturated rings. The van der Waals surface area contributed by atoms with E-state index >= 15 is 0 Å². The molecule has 1 unspecified atom stereocenters. The Kier molecular flexibility index (Phi) is 3.07. The summed E-state index contributed by atoms with van der Waals surface area (Å²) in [6, 6.07) is 7.05. The molecule has 1 aromatic carbocycles. The van der Waals surface area contributed by atoms with Gasteiger partial charge >= 0.3 is 0 Å². The Bertz CT molecular complexity index is 441. The molecular formula is C13H16N2OS. The average molecular weight is 248 g/mol. The normalized spacial score (nSPS) is 23.3. The molecule has 2 aliphatic rings. The molecule has 0 aliphatic carbocycles. The van der Waals surface area contributed by atoms with Crippen LogP contribution in [0, 0.1) is 0 Å². The molecule has 0 aromatic heterocycles. The van der Waals surface area contributed by atoms with E-state index in [1.807, 2.05) is 0 Å². The van der Waals surface area contributed by atoms with Crippen molar-refractivity contribution in [3.8, 4) is 0 Å². The molecule has 0 radical (unpaired) electrons. The van der Waals surface area contributed by atoms with Gasteiger partial charge in [-0.1, -0.05) is 6.07 Å². The van der Waals surface area contributed by atoms with Gasteiger partial charge in [-0.15, -0.1) is 11.8 Å². The van der Waals surface area contributed by atoms with Gasteiger partial charge in [0.15, 0.2) is 0 Å². The van der Waals surface area contributed by atoms with Gasteiger partial charge in [0.05, 0.1) is 11.4 Å². The number of fused-ring (bicyclic) bond motifs is 1. The largest absolute Gasteiger partial charge is 0.324 e. The first-order chi connectivity index (χ1) is 8.31. The molecule has 3 rings (SSSR count). The summed E-state index contributed by atoms with van der Waals surface area (Å²) in [6.45, 7) is 1.14. The quantitative estimate of drug-likeness (QED) is 0.841. The van der Waals surface area contributed by atoms with Crippen LogP contribution in [0.4, 0.5) is 5.69 Å². The third kappa shape index (κ3) is 2.48. The van der Waals surface area contributed by atoms with E-state index in [4.69, 9.17) is 0 Å². The first-order valence-electron chi connectivity index (χ1n) is 6.10. The minimum absolute atomic E-state index is 0.110. The molecule has 2 heterocycles. The van der Waals surface area contributed by atoms with E-state index in [2.05, 4.69) is 28.8 Å². The van der Waals surface area contributed by atoms with Crippen LogP contribution in [-0.4, -0.2) is 24.2 Å². The molecule has 17 heavy (non-hydrogen) atoms. The van der Waals surface area contributed by atoms with Gasteiger partial charge in [0.2, 0.25) is 5.91 Å². The lowest BCUT2D eigenvalue weighted by molar-refractivity contribution is -0.113. The van der Waals surface area contributed by atoms with Gasteiger partial charge in [-0.3, -0.25) is 4.79 Å². The van der Waals surface area contributed by atoms with Crippen molar-refractivity contribution in [1.29, 1.82) is 0 Å². The Morgan fingerprint density at radius 3 is 3.18 bits per heavy atom. The number of anilines is 1. The number of carbonyl (C=O) groups is 1. The molecule has 90 valence electrons. The number of hydrogen-bond acceptors (Lipinski definition) is 3. The smallest absolute Gasteiger partial charge is 0.234 e. The van der Waals surface area contributed by atoms with Gasteiger partial charge in [-0.05, 0) is 43.5 Å². The van der Waals surface area contributed by atoms with Crippen molar-refractivity contribution in [2.24, 2.45) is 0 Å². The van der Waals surface area contributed by atoms with Gasteiger partial charge in [0.1, 0.15) is 0 Å². The van der Waals surface area contributed by atoms with E-state index in [-0.39, 0.29) is 5.91 Å². The minimum Gasteiger partial charge on any atom is -0.324 e. The standard InChI is InChI=1S/C13H16N2OS/c16-13-8-17-12-4-3-9(7-11(12)15-13)6-10-2-1-5-14-10/h3-4,7,10,14H,1-2,5-6,8H2,(H,15,16). The van der Waals surface area contributed by atoms with Crippen molar-refractivity contribution < 1.29 is 4.79 Å². The maximum atomic E-state index is 11.3. The van der Waals surface area contributed by atoms with Crippen LogP contribution >= 0.6 is 11.8 Å². The van der Waals surface area contributed by atoms with Crippen LogP contribution in [0.1, 0.15) is 18.4 Å². The van der Waals surface area contributed by atoms with Gasteiger partial charge < -0.3 is 10.6 Å². The maximum Gasteiger partial charge on any atom is 0.234 e. The van der Waals surface area contributed by atoms with Crippen molar-refractivity contribution in [3.63, 3.8) is 0 Å². The summed E-state index contributed by atoms with van der Waals surface area (Å²) in [5.41, 5.74) is 2.30. The second-order valence-corrected chi connectivity index (χ2v) is 5.68. The Balaban J connectivity index is 1.77. The number of benzene rings is 1. The van der Waals surface area contributed by atoms with Crippen molar-refractivity contribution >= 4 is 23.4 Å². The third-order valence-electron chi connectivity index (χ3n) is 3.32. The highest BCUT2D eigenvalue weighted by molar-refractivity contribution is 8.00. The van der Waals surface area contributed by atoms with Crippen LogP contribution in [0.15, 0.2) is 23.1 Å². The zero-order chi connectivity index (χ0) is 11.7. The summed E-state index contributed by atoms with van der Waals surface area (Å²) in [4.78, 5) is 12.5. The topological polar surface area (TPSA) is 41.1 Å². The number of thioether (sulfide) groups is 1. The fourth-order valence-corrected chi connectivity index (χ4v) is 3.26. The van der Waals surface area contributed by atoms with Crippen molar-refractivity contribution in [1.82, 2.24) is 5.32 Å². The molecule has 1 aromatic rings. The van der Waals surface area contributed by atoms with Crippen LogP contribution < -0.4 is 10.6 Å². The second-order valence-electron chi connectivity index (χ2n) is 4.66. The molecule has 3 nitrogen and oxygen atoms in total. The van der Waals surface area contributed by atoms with Crippen LogP contribution in [0.2, 0.25) is 0 Å². The maximum absolute atomic E-state index is 11.3. The second kappa shape index (κ2) is 4.70. The Labute approximate surface area is 105 Å². The number of amides is 1. The summed E-state index contributed by atoms with van der Waals surface area (Å²) in [5, 5.41) is 6.45. The van der Waals surface area contributed by atoms with Crippen LogP contribution in [0.25, 0.3) is 0 Å². The summed E-state index contributed by atoms with van der Waals surface area (Å²) in [6.07, 6.45) is 3.61. The Hall–Kier alpha value is -1.00. The Morgan fingerprint density at radius 1 is 1.41 bits per heavy atom. The SMILES string of the molecule is O=C1CSc2ccc(CC3CCCN3)cc2N1. The molecular weight excluding hydrogens is 232 g/mol. The number of hydrogen-bond donors (Lipinski definition) is 2. The van der Waals surface area contributed by atoms with E-state index in [0.717, 1.165) is 18.7 Å². The molecule has 0 spiro atoms. The first kappa shape index (κ1) is 11.1. The predicted octanol–water partition coefficient (Wildman–Crippen LogP) is 2.03. The van der Waals surface area contributed by atoms with Gasteiger partial charge in [0.25, 0.3) is 0 Å². The zero-order valence-corrected chi connectivity index (χ0v) is 10.5. The summed E-state index contributed by atoms with van der Waals surface area (Å²) < 4.78 is 0. The van der Waals surface area contributed by atoms with E-state index in [1.165, 1.54) is 23.3 Å². The molecule has 4 heteroatoms. The van der Waals surface area contributed by atoms with E-state index in [0.29, 0.717) is 11.8 Å². The van der Waals surface area contributed by atoms with Gasteiger partial charge in [0, 0.05) is 10.9 Å². The van der Waals surface area contributed by atoms with Crippen molar-refractivity contribution in [2.45, 2.75) is 30.2 Å². The van der Waals surface area contributed by atoms with Gasteiger partial charge in [-0.2, -0.15) is 0 Å². The molecule has 1 amide bonds. The van der Waals surface area contributed by atoms with Crippen molar-refractivity contribution in [3.05, 3.63) is 23.8 Å². The van der Waals surface area contributed by atoms with Crippen LogP contribution in [0.3, 0.4) is 0 Å². The monoisotopic (exact) mass is 248 g/mol. The Morgan fingerprint density at radius 2 is 2.35 bits per heavy atom. The minimum atomic E-state index is 0.110. The lowest BCUT2D eigenvalue weighted by Crippen LogP contribution is -2.24. The van der Waals surface area contributed by atoms with Crippen molar-refractivity contribution in [2.75, 3.05) is 17.6 Å². The third-order valence-corrected chi connectivity index (χ3v) is 4.39. The number of nitrogens with one attached hydrogen (secondary N) is 2. The van der Waals surface area contributed by atoms with E-state index in [9.17, 15) is 4.79 Å². The fourth-order valence-electron chi connectivity index (χ4n) is 2.47. The number of carbonyl (C=O) groups excluding carboxylic acids is 1. The molecule has 1 atom stereocenters. The molecule has 2 aliphatic heterocycles. The predicted molar refractivity (Wildman–Crippen MR) is 70.5 cm³/mol. The molecule has 0 saturated carbocycles. The lowest BCUT2D eigenvalue weighted by atomic mass is 10.0. The highest BCUT2D eigenvalue weighted by atomic mass is 32.2. The summed E-state index contributed by atoms with van der Waals surface area (Å²) >= 11 is 1.62. The first-order valence-corrected chi connectivity index (χ1v) is 7.09.